The fraction of sp³-hybridized carbons (Fsp3) is 0.441. The maximum atomic E-state index is 14.8. The molecule has 2 aromatic carbocycles. The smallest absolute Gasteiger partial charge is 0.312 e. The maximum absolute atomic E-state index is 14.8. The third-order valence-electron chi connectivity index (χ3n) is 9.44. The summed E-state index contributed by atoms with van der Waals surface area (Å²) in [6, 6.07) is 14.5. The minimum atomic E-state index is -1.29. The van der Waals surface area contributed by atoms with E-state index in [0.29, 0.717) is 30.0 Å². The summed E-state index contributed by atoms with van der Waals surface area (Å²) in [4.78, 5) is 46.2. The summed E-state index contributed by atoms with van der Waals surface area (Å²) in [5, 5.41) is 11.2. The topological polar surface area (TPSA) is 96.4 Å². The third-order valence-corrected chi connectivity index (χ3v) is 9.69. The van der Waals surface area contributed by atoms with E-state index in [-0.39, 0.29) is 37.5 Å². The molecular formula is C34H39ClN2O6. The molecule has 3 aliphatic rings. The number of nitrogens with zero attached hydrogens (tertiary/aromatic N) is 2. The van der Waals surface area contributed by atoms with Crippen molar-refractivity contribution in [2.75, 3.05) is 24.7 Å². The Hall–Kier alpha value is -3.46. The van der Waals surface area contributed by atoms with Crippen LogP contribution in [-0.4, -0.2) is 70.8 Å². The number of amides is 2. The summed E-state index contributed by atoms with van der Waals surface area (Å²) >= 11 is 6.15. The van der Waals surface area contributed by atoms with E-state index in [1.807, 2.05) is 44.2 Å². The van der Waals surface area contributed by atoms with Crippen LogP contribution in [0.2, 0.25) is 5.02 Å². The highest BCUT2D eigenvalue weighted by molar-refractivity contribution is 6.30. The molecule has 0 aliphatic carbocycles. The Bertz CT molecular complexity index is 1380. The number of carbonyl (C=O) groups excluding carboxylic acids is 3. The van der Waals surface area contributed by atoms with Gasteiger partial charge in [0.15, 0.2) is 0 Å². The molecule has 5 rings (SSSR count). The van der Waals surface area contributed by atoms with Gasteiger partial charge < -0.3 is 24.4 Å². The van der Waals surface area contributed by atoms with Gasteiger partial charge in [-0.3, -0.25) is 14.4 Å². The second-order valence-electron chi connectivity index (χ2n) is 11.9. The number of aliphatic hydroxyl groups is 1. The number of carbonyl (C=O) groups is 3. The SMILES string of the molecule is C=CCCOC(=O)[C@@H]1[C@H]2C(=O)N([C@@H](CO)Cc3ccccc3)C(C(=O)N(CC=C)c3ccc(Cl)cc3)C23CC(C)[C@@]1(C)O3. The van der Waals surface area contributed by atoms with Crippen molar-refractivity contribution in [3.8, 4) is 0 Å². The normalized spacial score (nSPS) is 29.7. The molecule has 3 fully saturated rings. The molecule has 3 aliphatic heterocycles. The van der Waals surface area contributed by atoms with Gasteiger partial charge in [-0.05, 0) is 61.9 Å². The van der Waals surface area contributed by atoms with Crippen LogP contribution in [0.3, 0.4) is 0 Å². The van der Waals surface area contributed by atoms with E-state index in [0.717, 1.165) is 5.56 Å². The molecule has 43 heavy (non-hydrogen) atoms. The van der Waals surface area contributed by atoms with Gasteiger partial charge >= 0.3 is 5.97 Å². The lowest BCUT2D eigenvalue weighted by Gasteiger charge is -2.39. The number of hydrogen-bond acceptors (Lipinski definition) is 6. The van der Waals surface area contributed by atoms with Crippen molar-refractivity contribution in [3.05, 3.63) is 90.5 Å². The van der Waals surface area contributed by atoms with E-state index in [2.05, 4.69) is 13.2 Å². The molecule has 228 valence electrons. The molecule has 2 bridgehead atoms. The second kappa shape index (κ2) is 12.3. The number of benzene rings is 2. The molecule has 0 aromatic heterocycles. The molecule has 3 heterocycles. The van der Waals surface area contributed by atoms with Crippen LogP contribution in [0.1, 0.15) is 32.3 Å². The molecule has 3 saturated heterocycles. The first-order valence-corrected chi connectivity index (χ1v) is 15.1. The number of halogens is 1. The van der Waals surface area contributed by atoms with E-state index in [1.54, 1.807) is 41.3 Å². The lowest BCUT2D eigenvalue weighted by molar-refractivity contribution is -0.162. The van der Waals surface area contributed by atoms with E-state index in [9.17, 15) is 19.5 Å². The molecule has 1 N–H and O–H groups in total. The van der Waals surface area contributed by atoms with Gasteiger partial charge in [-0.15, -0.1) is 13.2 Å². The van der Waals surface area contributed by atoms with Crippen molar-refractivity contribution < 1.29 is 29.0 Å². The number of hydrogen-bond donors (Lipinski definition) is 1. The summed E-state index contributed by atoms with van der Waals surface area (Å²) in [6.07, 6.45) is 4.47. The Kier molecular flexibility index (Phi) is 8.84. The molecule has 9 heteroatoms. The van der Waals surface area contributed by atoms with Gasteiger partial charge in [-0.25, -0.2) is 0 Å². The van der Waals surface area contributed by atoms with Crippen molar-refractivity contribution in [1.82, 2.24) is 4.90 Å². The predicted octanol–water partition coefficient (Wildman–Crippen LogP) is 4.59. The fourth-order valence-electron chi connectivity index (χ4n) is 7.40. The number of aliphatic hydroxyl groups excluding tert-OH is 1. The summed E-state index contributed by atoms with van der Waals surface area (Å²) in [7, 11) is 0. The zero-order valence-corrected chi connectivity index (χ0v) is 25.4. The Morgan fingerprint density at radius 1 is 1.19 bits per heavy atom. The second-order valence-corrected chi connectivity index (χ2v) is 12.4. The molecule has 0 radical (unpaired) electrons. The molecule has 8 nitrogen and oxygen atoms in total. The Labute approximate surface area is 257 Å². The van der Waals surface area contributed by atoms with Crippen LogP contribution >= 0.6 is 11.6 Å². The van der Waals surface area contributed by atoms with Gasteiger partial charge in [-0.2, -0.15) is 0 Å². The van der Waals surface area contributed by atoms with Crippen molar-refractivity contribution in [3.63, 3.8) is 0 Å². The number of fused-ring (bicyclic) bond motifs is 1. The summed E-state index contributed by atoms with van der Waals surface area (Å²) in [5.41, 5.74) is -0.812. The van der Waals surface area contributed by atoms with Crippen LogP contribution in [-0.2, 0) is 30.3 Å². The van der Waals surface area contributed by atoms with Crippen molar-refractivity contribution >= 4 is 35.1 Å². The Balaban J connectivity index is 1.63. The van der Waals surface area contributed by atoms with Gasteiger partial charge in [0.25, 0.3) is 5.91 Å². The van der Waals surface area contributed by atoms with Crippen LogP contribution in [0.4, 0.5) is 5.69 Å². The van der Waals surface area contributed by atoms with Gasteiger partial charge in [0.2, 0.25) is 5.91 Å². The average molecular weight is 607 g/mol. The maximum Gasteiger partial charge on any atom is 0.312 e. The summed E-state index contributed by atoms with van der Waals surface area (Å²) in [6.45, 7) is 11.3. The van der Waals surface area contributed by atoms with E-state index >= 15 is 0 Å². The Morgan fingerprint density at radius 3 is 2.51 bits per heavy atom. The van der Waals surface area contributed by atoms with Crippen LogP contribution in [0.25, 0.3) is 0 Å². The van der Waals surface area contributed by atoms with Gasteiger partial charge in [0.1, 0.15) is 17.6 Å². The van der Waals surface area contributed by atoms with Crippen LogP contribution in [0.15, 0.2) is 79.9 Å². The van der Waals surface area contributed by atoms with Gasteiger partial charge in [0.05, 0.1) is 30.8 Å². The first kappa shape index (κ1) is 31.0. The van der Waals surface area contributed by atoms with Crippen molar-refractivity contribution in [2.24, 2.45) is 17.8 Å². The number of rotatable bonds is 12. The molecule has 7 atom stereocenters. The zero-order valence-electron chi connectivity index (χ0n) is 24.7. The van der Waals surface area contributed by atoms with Crippen LogP contribution in [0.5, 0.6) is 0 Å². The first-order valence-electron chi connectivity index (χ1n) is 14.8. The van der Waals surface area contributed by atoms with E-state index in [4.69, 9.17) is 21.1 Å². The first-order chi connectivity index (χ1) is 20.6. The zero-order chi connectivity index (χ0) is 30.9. The van der Waals surface area contributed by atoms with Crippen LogP contribution < -0.4 is 4.90 Å². The number of anilines is 1. The average Bonchev–Trinajstić information content (AvgIpc) is 3.52. The van der Waals surface area contributed by atoms with E-state index in [1.165, 1.54) is 4.90 Å². The minimum absolute atomic E-state index is 0.139. The van der Waals surface area contributed by atoms with Crippen molar-refractivity contribution in [1.29, 1.82) is 0 Å². The summed E-state index contributed by atoms with van der Waals surface area (Å²) in [5.74, 6) is -3.28. The fourth-order valence-corrected chi connectivity index (χ4v) is 7.52. The van der Waals surface area contributed by atoms with Crippen LogP contribution in [0, 0.1) is 17.8 Å². The monoisotopic (exact) mass is 606 g/mol. The van der Waals surface area contributed by atoms with Gasteiger partial charge in [-0.1, -0.05) is 61.0 Å². The molecule has 3 unspecified atom stereocenters. The minimum Gasteiger partial charge on any atom is -0.465 e. The largest absolute Gasteiger partial charge is 0.465 e. The molecule has 0 saturated carbocycles. The molecule has 2 amide bonds. The lowest BCUT2D eigenvalue weighted by atomic mass is 9.62. The standard InChI is InChI=1S/C34H39ClN2O6/c1-5-7-18-42-32(41)28-27-30(39)37(26(21-38)19-23-11-9-8-10-12-23)29(34(27)20-22(3)33(28,4)43-34)31(40)36(17-6-2)25-15-13-24(35)14-16-25/h5-6,8-16,22,26-29,38H,1-2,7,17-21H2,3-4H3/t22?,26-,27+,28+,29?,33-,34?/m1/s1. The molecule has 2 aromatic rings. The van der Waals surface area contributed by atoms with Gasteiger partial charge in [0, 0.05) is 17.3 Å². The summed E-state index contributed by atoms with van der Waals surface area (Å²) < 4.78 is 12.5. The quantitative estimate of drug-likeness (QED) is 0.216. The highest BCUT2D eigenvalue weighted by Gasteiger charge is 2.80. The van der Waals surface area contributed by atoms with E-state index < -0.39 is 41.1 Å². The highest BCUT2D eigenvalue weighted by Crippen LogP contribution is 2.65. The lowest BCUT2D eigenvalue weighted by Crippen LogP contribution is -2.59. The molecular weight excluding hydrogens is 568 g/mol. The predicted molar refractivity (Wildman–Crippen MR) is 164 cm³/mol. The highest BCUT2D eigenvalue weighted by atomic mass is 35.5. The number of ether oxygens (including phenoxy) is 2. The van der Waals surface area contributed by atoms with Crippen molar-refractivity contribution in [2.45, 2.75) is 56.4 Å². The number of likely N-dealkylation sites (tertiary alicyclic amines) is 1. The number of esters is 1. The third kappa shape index (κ3) is 5.19. The molecule has 1 spiro atoms. The Morgan fingerprint density at radius 2 is 1.88 bits per heavy atom.